The van der Waals surface area contributed by atoms with Crippen LogP contribution < -0.4 is 15.8 Å². The predicted octanol–water partition coefficient (Wildman–Crippen LogP) is 5.71. The number of nitrogens with two attached hydrogens (primary N) is 1. The molecular weight excluding hydrogens is 498 g/mol. The molecule has 204 valence electrons. The van der Waals surface area contributed by atoms with Crippen molar-refractivity contribution in [3.05, 3.63) is 120 Å². The Hall–Kier alpha value is -4.42. The van der Waals surface area contributed by atoms with Crippen LogP contribution in [0.2, 0.25) is 0 Å². The standard InChI is InChI=1S/C34H35N3O3/c35-21-8-7-16-32-33(38)36-31(23-25-17-19-28(20-18-25)27-11-3-1-4-12-27)34(39)37(32)24-26-10-9-15-30(22-26)40-29-13-5-2-6-14-29/h1-6,9-15,17-20,22,31-32H,7-8,16,21,23-24,35H2,(H,36,38). The minimum atomic E-state index is -0.621. The van der Waals surface area contributed by atoms with Crippen molar-refractivity contribution in [1.82, 2.24) is 10.2 Å². The lowest BCUT2D eigenvalue weighted by molar-refractivity contribution is -0.150. The van der Waals surface area contributed by atoms with Crippen LogP contribution in [0.4, 0.5) is 0 Å². The largest absolute Gasteiger partial charge is 0.457 e. The number of carbonyl (C=O) groups is 2. The molecule has 1 heterocycles. The molecule has 0 bridgehead atoms. The molecule has 2 amide bonds. The molecule has 3 N–H and O–H groups in total. The second kappa shape index (κ2) is 13.1. The van der Waals surface area contributed by atoms with Crippen molar-refractivity contribution >= 4 is 11.8 Å². The molecule has 0 radical (unpaired) electrons. The van der Waals surface area contributed by atoms with Gasteiger partial charge in [-0.15, -0.1) is 0 Å². The molecule has 0 saturated carbocycles. The number of hydrogen-bond acceptors (Lipinski definition) is 4. The molecule has 5 rings (SSSR count). The second-order valence-electron chi connectivity index (χ2n) is 10.2. The van der Waals surface area contributed by atoms with Crippen molar-refractivity contribution < 1.29 is 14.3 Å². The molecule has 0 aliphatic carbocycles. The molecule has 0 aromatic heterocycles. The van der Waals surface area contributed by atoms with Crippen LogP contribution in [-0.2, 0) is 22.6 Å². The first-order chi connectivity index (χ1) is 19.6. The van der Waals surface area contributed by atoms with Crippen molar-refractivity contribution in [2.45, 2.75) is 44.3 Å². The maximum absolute atomic E-state index is 13.8. The van der Waals surface area contributed by atoms with Gasteiger partial charge in [0.05, 0.1) is 0 Å². The summed E-state index contributed by atoms with van der Waals surface area (Å²) in [6.45, 7) is 0.887. The molecule has 1 aliphatic rings. The van der Waals surface area contributed by atoms with Gasteiger partial charge in [0, 0.05) is 13.0 Å². The van der Waals surface area contributed by atoms with Crippen LogP contribution >= 0.6 is 0 Å². The van der Waals surface area contributed by atoms with Gasteiger partial charge in [0.25, 0.3) is 0 Å². The van der Waals surface area contributed by atoms with Crippen LogP contribution in [0.25, 0.3) is 11.1 Å². The Morgan fingerprint density at radius 1 is 0.725 bits per heavy atom. The number of hydrogen-bond donors (Lipinski definition) is 2. The molecule has 6 heteroatoms. The van der Waals surface area contributed by atoms with Crippen LogP contribution in [-0.4, -0.2) is 35.3 Å². The van der Waals surface area contributed by atoms with Gasteiger partial charge in [-0.05, 0) is 72.3 Å². The Morgan fingerprint density at radius 2 is 1.40 bits per heavy atom. The van der Waals surface area contributed by atoms with Gasteiger partial charge >= 0.3 is 0 Å². The highest BCUT2D eigenvalue weighted by molar-refractivity contribution is 5.97. The van der Waals surface area contributed by atoms with Gasteiger partial charge in [0.1, 0.15) is 23.6 Å². The Bertz CT molecular complexity index is 1410. The normalized spacial score (nSPS) is 17.0. The molecule has 1 saturated heterocycles. The first kappa shape index (κ1) is 27.2. The minimum Gasteiger partial charge on any atom is -0.457 e. The Morgan fingerprint density at radius 3 is 2.12 bits per heavy atom. The van der Waals surface area contributed by atoms with Crippen molar-refractivity contribution in [2.75, 3.05) is 6.54 Å². The Kier molecular flexibility index (Phi) is 8.89. The molecular formula is C34H35N3O3. The summed E-state index contributed by atoms with van der Waals surface area (Å²) >= 11 is 0. The van der Waals surface area contributed by atoms with E-state index in [-0.39, 0.29) is 11.8 Å². The van der Waals surface area contributed by atoms with Crippen molar-refractivity contribution in [1.29, 1.82) is 0 Å². The fourth-order valence-corrected chi connectivity index (χ4v) is 5.15. The average Bonchev–Trinajstić information content (AvgIpc) is 2.99. The van der Waals surface area contributed by atoms with Gasteiger partial charge in [0.15, 0.2) is 0 Å². The Labute approximate surface area is 235 Å². The van der Waals surface area contributed by atoms with Crippen LogP contribution in [0.5, 0.6) is 11.5 Å². The van der Waals surface area contributed by atoms with E-state index in [1.54, 1.807) is 4.90 Å². The number of ether oxygens (including phenoxy) is 1. The third kappa shape index (κ3) is 6.77. The SMILES string of the molecule is NCCCCC1C(=O)NC(Cc2ccc(-c3ccccc3)cc2)C(=O)N1Cc1cccc(Oc2ccccc2)c1. The summed E-state index contributed by atoms with van der Waals surface area (Å²) in [5, 5.41) is 3.01. The number of nitrogens with one attached hydrogen (secondary N) is 1. The number of nitrogens with zero attached hydrogens (tertiary/aromatic N) is 1. The van der Waals surface area contributed by atoms with Crippen LogP contribution in [0, 0.1) is 0 Å². The molecule has 4 aromatic carbocycles. The number of benzene rings is 4. The highest BCUT2D eigenvalue weighted by atomic mass is 16.5. The minimum absolute atomic E-state index is 0.0705. The summed E-state index contributed by atoms with van der Waals surface area (Å²) in [6, 6.07) is 34.5. The van der Waals surface area contributed by atoms with E-state index in [0.29, 0.717) is 31.7 Å². The second-order valence-corrected chi connectivity index (χ2v) is 10.2. The van der Waals surface area contributed by atoms with E-state index >= 15 is 0 Å². The predicted molar refractivity (Wildman–Crippen MR) is 158 cm³/mol. The number of para-hydroxylation sites is 1. The zero-order valence-electron chi connectivity index (χ0n) is 22.5. The summed E-state index contributed by atoms with van der Waals surface area (Å²) in [5.41, 5.74) is 9.87. The molecule has 1 aliphatic heterocycles. The molecule has 1 fully saturated rings. The average molecular weight is 534 g/mol. The van der Waals surface area contributed by atoms with Crippen molar-refractivity contribution in [3.8, 4) is 22.6 Å². The summed E-state index contributed by atoms with van der Waals surface area (Å²) in [4.78, 5) is 28.9. The van der Waals surface area contributed by atoms with Crippen LogP contribution in [0.15, 0.2) is 109 Å². The van der Waals surface area contributed by atoms with E-state index in [4.69, 9.17) is 10.5 Å². The molecule has 2 atom stereocenters. The van der Waals surface area contributed by atoms with E-state index < -0.39 is 12.1 Å². The maximum atomic E-state index is 13.8. The molecule has 6 nitrogen and oxygen atoms in total. The fraction of sp³-hybridized carbons (Fsp3) is 0.235. The maximum Gasteiger partial charge on any atom is 0.246 e. The highest BCUT2D eigenvalue weighted by Gasteiger charge is 2.40. The number of rotatable bonds is 11. The van der Waals surface area contributed by atoms with Gasteiger partial charge in [-0.2, -0.15) is 0 Å². The van der Waals surface area contributed by atoms with Gasteiger partial charge in [-0.3, -0.25) is 9.59 Å². The first-order valence-electron chi connectivity index (χ1n) is 13.9. The van der Waals surface area contributed by atoms with Crippen LogP contribution in [0.3, 0.4) is 0 Å². The first-order valence-corrected chi connectivity index (χ1v) is 13.9. The zero-order chi connectivity index (χ0) is 27.7. The van der Waals surface area contributed by atoms with E-state index in [1.807, 2.05) is 84.9 Å². The lowest BCUT2D eigenvalue weighted by Crippen LogP contribution is -2.63. The van der Waals surface area contributed by atoms with Crippen molar-refractivity contribution in [3.63, 3.8) is 0 Å². The van der Waals surface area contributed by atoms with Gasteiger partial charge in [-0.1, -0.05) is 84.9 Å². The third-order valence-corrected chi connectivity index (χ3v) is 7.24. The third-order valence-electron chi connectivity index (χ3n) is 7.24. The number of unbranched alkanes of at least 4 members (excludes halogenated alkanes) is 1. The van der Waals surface area contributed by atoms with Gasteiger partial charge < -0.3 is 20.7 Å². The quantitative estimate of drug-likeness (QED) is 0.242. The number of piperazine rings is 1. The monoisotopic (exact) mass is 533 g/mol. The number of amides is 2. The smallest absolute Gasteiger partial charge is 0.246 e. The van der Waals surface area contributed by atoms with E-state index in [2.05, 4.69) is 29.6 Å². The van der Waals surface area contributed by atoms with E-state index in [1.165, 1.54) is 0 Å². The summed E-state index contributed by atoms with van der Waals surface area (Å²) in [5.74, 6) is 1.25. The molecule has 2 unspecified atom stereocenters. The summed E-state index contributed by atoms with van der Waals surface area (Å²) in [6.07, 6.45) is 2.60. The fourth-order valence-electron chi connectivity index (χ4n) is 5.15. The van der Waals surface area contributed by atoms with Gasteiger partial charge in [-0.25, -0.2) is 0 Å². The molecule has 40 heavy (non-hydrogen) atoms. The van der Waals surface area contributed by atoms with Gasteiger partial charge in [0.2, 0.25) is 11.8 Å². The zero-order valence-corrected chi connectivity index (χ0v) is 22.5. The van der Waals surface area contributed by atoms with Crippen LogP contribution in [0.1, 0.15) is 30.4 Å². The Balaban J connectivity index is 1.33. The lowest BCUT2D eigenvalue weighted by Gasteiger charge is -2.39. The topological polar surface area (TPSA) is 84.7 Å². The summed E-state index contributed by atoms with van der Waals surface area (Å²) < 4.78 is 6.01. The lowest BCUT2D eigenvalue weighted by atomic mass is 9.96. The van der Waals surface area contributed by atoms with Crippen molar-refractivity contribution in [2.24, 2.45) is 5.73 Å². The van der Waals surface area contributed by atoms with E-state index in [0.717, 1.165) is 40.8 Å². The number of carbonyl (C=O) groups excluding carboxylic acids is 2. The highest BCUT2D eigenvalue weighted by Crippen LogP contribution is 2.26. The molecule has 0 spiro atoms. The van der Waals surface area contributed by atoms with E-state index in [9.17, 15) is 9.59 Å². The summed E-state index contributed by atoms with van der Waals surface area (Å²) in [7, 11) is 0. The molecule has 4 aromatic rings.